The lowest BCUT2D eigenvalue weighted by atomic mass is 9.33. The average molecular weight is 1220 g/mol. The van der Waals surface area contributed by atoms with Crippen LogP contribution in [0.3, 0.4) is 0 Å². The van der Waals surface area contributed by atoms with Gasteiger partial charge in [0.1, 0.15) is 0 Å². The highest BCUT2D eigenvalue weighted by Crippen LogP contribution is 2.53. The molecular formula is C90H58BN5. The number of benzene rings is 15. The van der Waals surface area contributed by atoms with Crippen molar-refractivity contribution < 1.29 is 0 Å². The molecule has 2 aliphatic rings. The van der Waals surface area contributed by atoms with Gasteiger partial charge in [0.25, 0.3) is 6.71 Å². The van der Waals surface area contributed by atoms with E-state index in [0.29, 0.717) is 0 Å². The van der Waals surface area contributed by atoms with Gasteiger partial charge in [0, 0.05) is 71.9 Å². The Hall–Kier alpha value is -12.6. The molecular weight excluding hydrogens is 1160 g/mol. The highest BCUT2D eigenvalue weighted by Gasteiger charge is 2.46. The third kappa shape index (κ3) is 8.12. The molecule has 0 atom stereocenters. The van der Waals surface area contributed by atoms with Crippen molar-refractivity contribution in [3.05, 3.63) is 352 Å². The van der Waals surface area contributed by atoms with Crippen molar-refractivity contribution in [2.45, 2.75) is 0 Å². The molecule has 2 aliphatic heterocycles. The second-order valence-electron chi connectivity index (χ2n) is 25.5. The van der Waals surface area contributed by atoms with Gasteiger partial charge in [-0.25, -0.2) is 0 Å². The van der Waals surface area contributed by atoms with Crippen molar-refractivity contribution in [2.75, 3.05) is 14.7 Å². The molecule has 0 aliphatic carbocycles. The number of fused-ring (bicyclic) bond motifs is 13. The summed E-state index contributed by atoms with van der Waals surface area (Å²) in [7, 11) is 0. The molecule has 0 saturated carbocycles. The van der Waals surface area contributed by atoms with E-state index in [0.717, 1.165) is 95.7 Å². The predicted octanol–water partition coefficient (Wildman–Crippen LogP) is 22.2. The zero-order valence-corrected chi connectivity index (χ0v) is 52.3. The summed E-state index contributed by atoms with van der Waals surface area (Å²) in [5.74, 6) is 0. The smallest absolute Gasteiger partial charge is 0.252 e. The minimum absolute atomic E-state index is 0.245. The Morgan fingerprint density at radius 2 is 0.698 bits per heavy atom. The summed E-state index contributed by atoms with van der Waals surface area (Å²) >= 11 is 0. The predicted molar refractivity (Wildman–Crippen MR) is 406 cm³/mol. The molecule has 0 saturated heterocycles. The molecule has 0 radical (unpaired) electrons. The molecule has 20 rings (SSSR count). The zero-order chi connectivity index (χ0) is 63.0. The summed E-state index contributed by atoms with van der Waals surface area (Å²) in [4.78, 5) is 7.79. The van der Waals surface area contributed by atoms with E-state index in [4.69, 9.17) is 0 Å². The second-order valence-corrected chi connectivity index (χ2v) is 25.5. The van der Waals surface area contributed by atoms with Crippen LogP contribution in [-0.4, -0.2) is 15.7 Å². The fourth-order valence-electron chi connectivity index (χ4n) is 16.3. The van der Waals surface area contributed by atoms with Crippen molar-refractivity contribution in [3.63, 3.8) is 0 Å². The number of hydrogen-bond donors (Lipinski definition) is 0. The molecule has 0 unspecified atom stereocenters. The Morgan fingerprint density at radius 3 is 1.35 bits per heavy atom. The molecule has 0 bridgehead atoms. The Kier molecular flexibility index (Phi) is 12.1. The fourth-order valence-corrected chi connectivity index (χ4v) is 16.3. The van der Waals surface area contributed by atoms with Gasteiger partial charge in [-0.3, -0.25) is 0 Å². The second kappa shape index (κ2) is 21.5. The van der Waals surface area contributed by atoms with Crippen LogP contribution in [0.5, 0.6) is 0 Å². The highest BCUT2D eigenvalue weighted by molar-refractivity contribution is 7.00. The van der Waals surface area contributed by atoms with Crippen LogP contribution in [-0.2, 0) is 0 Å². The molecule has 18 aromatic rings. The van der Waals surface area contributed by atoms with Crippen LogP contribution in [0, 0.1) is 0 Å². The lowest BCUT2D eigenvalue weighted by molar-refractivity contribution is 1.15. The first-order valence-corrected chi connectivity index (χ1v) is 33.2. The zero-order valence-electron chi connectivity index (χ0n) is 52.3. The van der Waals surface area contributed by atoms with Gasteiger partial charge in [0.05, 0.1) is 56.0 Å². The van der Waals surface area contributed by atoms with Crippen molar-refractivity contribution in [1.82, 2.24) is 8.97 Å². The largest absolute Gasteiger partial charge is 0.311 e. The van der Waals surface area contributed by atoms with E-state index in [1.807, 2.05) is 0 Å². The van der Waals surface area contributed by atoms with E-state index in [1.54, 1.807) is 0 Å². The first kappa shape index (κ1) is 54.0. The molecule has 5 heterocycles. The first-order chi connectivity index (χ1) is 47.7. The highest BCUT2D eigenvalue weighted by atomic mass is 15.2. The normalized spacial score (nSPS) is 12.5. The summed E-state index contributed by atoms with van der Waals surface area (Å²) in [6.07, 6.45) is 0. The topological polar surface area (TPSA) is 19.1 Å². The number of aromatic nitrogens is 2. The van der Waals surface area contributed by atoms with Gasteiger partial charge >= 0.3 is 0 Å². The van der Waals surface area contributed by atoms with Crippen LogP contribution in [0.4, 0.5) is 51.2 Å². The number of hydrogen-bond acceptors (Lipinski definition) is 3. The lowest BCUT2D eigenvalue weighted by Crippen LogP contribution is -2.61. The maximum absolute atomic E-state index is 2.66. The summed E-state index contributed by atoms with van der Waals surface area (Å²) in [6, 6.07) is 131. The van der Waals surface area contributed by atoms with Crippen LogP contribution >= 0.6 is 0 Å². The van der Waals surface area contributed by atoms with Crippen molar-refractivity contribution in [3.8, 4) is 50.2 Å². The van der Waals surface area contributed by atoms with Gasteiger partial charge in [-0.2, -0.15) is 0 Å². The fraction of sp³-hybridized carbons (Fsp3) is 0. The minimum atomic E-state index is -0.245. The Labute approximate surface area is 556 Å². The number of para-hydroxylation sites is 8. The van der Waals surface area contributed by atoms with E-state index < -0.39 is 0 Å². The molecule has 0 N–H and O–H groups in total. The average Bonchev–Trinajstić information content (AvgIpc) is 1.35. The van der Waals surface area contributed by atoms with E-state index >= 15 is 0 Å². The van der Waals surface area contributed by atoms with Gasteiger partial charge < -0.3 is 23.7 Å². The molecule has 0 amide bonds. The van der Waals surface area contributed by atoms with E-state index in [2.05, 4.69) is 376 Å². The molecule has 6 heteroatoms. The number of anilines is 9. The molecule has 0 spiro atoms. The first-order valence-electron chi connectivity index (χ1n) is 33.2. The van der Waals surface area contributed by atoms with E-state index in [1.165, 1.54) is 81.9 Å². The number of nitrogens with zero attached hydrogens (tertiary/aromatic N) is 5. The Morgan fingerprint density at radius 1 is 0.240 bits per heavy atom. The van der Waals surface area contributed by atoms with Crippen molar-refractivity contribution in [2.24, 2.45) is 0 Å². The van der Waals surface area contributed by atoms with Crippen LogP contribution in [0.1, 0.15) is 0 Å². The Bertz CT molecular complexity index is 6040. The third-order valence-corrected chi connectivity index (χ3v) is 20.4. The molecule has 0 fully saturated rings. The summed E-state index contributed by atoms with van der Waals surface area (Å²) in [6.45, 7) is -0.245. The van der Waals surface area contributed by atoms with Gasteiger partial charge in [0.2, 0.25) is 0 Å². The standard InChI is InChI=1S/C90H58BN5/c1-5-26-59(27-6-1)61-48-51-65(52-49-61)92(77-41-18-13-34-67(77)62-30-9-3-10-31-62)66-55-87-89-88(56-66)95(84-47-24-23-46-83(84)93-79-43-20-15-36-69(79)70-37-16-21-44-80(70)93)86-58-85-74(73-40-25-39-72-71-38-17-22-45-81(71)96(85)90(72)73)57-76(86)91(89)75-54-64(60-28-7-2-8-29-60)50-53-82(75)94(87)78-42-19-14-35-68(78)63-32-11-4-12-33-63/h1-58H. The van der Waals surface area contributed by atoms with Crippen LogP contribution in [0.2, 0.25) is 0 Å². The third-order valence-electron chi connectivity index (χ3n) is 20.4. The van der Waals surface area contributed by atoms with Gasteiger partial charge in [0.15, 0.2) is 0 Å². The summed E-state index contributed by atoms with van der Waals surface area (Å²) < 4.78 is 5.06. The monoisotopic (exact) mass is 1220 g/mol. The van der Waals surface area contributed by atoms with Crippen molar-refractivity contribution in [1.29, 1.82) is 0 Å². The summed E-state index contributed by atoms with van der Waals surface area (Å²) in [5, 5.41) is 7.42. The molecule has 5 nitrogen and oxygen atoms in total. The number of rotatable bonds is 10. The van der Waals surface area contributed by atoms with E-state index in [9.17, 15) is 0 Å². The molecule has 96 heavy (non-hydrogen) atoms. The van der Waals surface area contributed by atoms with Crippen LogP contribution in [0.25, 0.3) is 110 Å². The maximum Gasteiger partial charge on any atom is 0.252 e. The van der Waals surface area contributed by atoms with Crippen molar-refractivity contribution >= 4 is 134 Å². The quantitative estimate of drug-likeness (QED) is 0.127. The minimum Gasteiger partial charge on any atom is -0.311 e. The lowest BCUT2D eigenvalue weighted by Gasteiger charge is -2.45. The van der Waals surface area contributed by atoms with Crippen LogP contribution in [0.15, 0.2) is 352 Å². The van der Waals surface area contributed by atoms with Crippen LogP contribution < -0.4 is 31.1 Å². The van der Waals surface area contributed by atoms with Gasteiger partial charge in [-0.05, 0) is 129 Å². The maximum atomic E-state index is 2.66. The molecule has 3 aromatic heterocycles. The SMILES string of the molecule is c1ccc(-c2ccc(N(c3cc4c5c(c3)N(c3ccccc3-n3c6ccccc6c6ccccc63)c3cc6c(cc3B5c3cc(-c5ccccc5)ccc3N4c3ccccc3-c3ccccc3)c3cccc4c5ccccc5n6c43)c3ccccc3-c3ccccc3)cc2)cc1. The molecule has 15 aromatic carbocycles. The summed E-state index contributed by atoms with van der Waals surface area (Å²) in [5.41, 5.74) is 29.6. The van der Waals surface area contributed by atoms with E-state index in [-0.39, 0.29) is 6.71 Å². The van der Waals surface area contributed by atoms with Gasteiger partial charge in [-0.1, -0.05) is 273 Å². The Balaban J connectivity index is 0.965. The molecule has 446 valence electrons. The van der Waals surface area contributed by atoms with Gasteiger partial charge in [-0.15, -0.1) is 0 Å².